The van der Waals surface area contributed by atoms with Gasteiger partial charge in [0.25, 0.3) is 0 Å². The Morgan fingerprint density at radius 3 is 2.19 bits per heavy atom. The Bertz CT molecular complexity index is 1420. The van der Waals surface area contributed by atoms with E-state index in [-0.39, 0.29) is 50.2 Å². The average Bonchev–Trinajstić information content (AvgIpc) is 2.94. The molecule has 0 aliphatic carbocycles. The quantitative estimate of drug-likeness (QED) is 0.268. The molecule has 10 heteroatoms. The molecule has 0 heterocycles. The molecule has 2 amide bonds. The number of rotatable bonds is 15. The van der Waals surface area contributed by atoms with Crippen molar-refractivity contribution < 1.29 is 27.1 Å². The van der Waals surface area contributed by atoms with Crippen molar-refractivity contribution in [1.29, 1.82) is 0 Å². The lowest BCUT2D eigenvalue weighted by Crippen LogP contribution is -2.51. The number of benzene rings is 3. The van der Waals surface area contributed by atoms with Crippen LogP contribution in [-0.4, -0.2) is 56.6 Å². The van der Waals surface area contributed by atoms with Crippen molar-refractivity contribution >= 4 is 27.5 Å². The summed E-state index contributed by atoms with van der Waals surface area (Å²) in [5, 5.41) is 2.93. The highest BCUT2D eigenvalue weighted by Crippen LogP contribution is 2.30. The third-order valence-electron chi connectivity index (χ3n) is 6.55. The van der Waals surface area contributed by atoms with Gasteiger partial charge in [0.2, 0.25) is 21.8 Å². The Kier molecular flexibility index (Phi) is 11.9. The van der Waals surface area contributed by atoms with Gasteiger partial charge in [0.05, 0.1) is 18.6 Å². The summed E-state index contributed by atoms with van der Waals surface area (Å²) in [5.74, 6) is -0.579. The fraction of sp³-hybridized carbons (Fsp3) is 0.375. The number of nitrogens with one attached hydrogen (secondary N) is 1. The molecule has 0 fully saturated rings. The van der Waals surface area contributed by atoms with Crippen molar-refractivity contribution in [2.24, 2.45) is 0 Å². The molecule has 0 spiro atoms. The Labute approximate surface area is 248 Å². The number of ether oxygens (including phenoxy) is 1. The van der Waals surface area contributed by atoms with Crippen molar-refractivity contribution in [3.8, 4) is 5.75 Å². The van der Waals surface area contributed by atoms with Gasteiger partial charge >= 0.3 is 0 Å². The average molecular weight is 598 g/mol. The number of halogens is 1. The van der Waals surface area contributed by atoms with Crippen molar-refractivity contribution in [2.45, 2.75) is 58.7 Å². The van der Waals surface area contributed by atoms with Gasteiger partial charge in [-0.3, -0.25) is 13.9 Å². The molecule has 0 radical (unpaired) electrons. The zero-order valence-electron chi connectivity index (χ0n) is 24.6. The SMILES string of the molecule is CCOc1ccccc1N(CCCC(=O)N(Cc1ccc(F)cc1)C(Cc1ccccc1)C(=O)NC(C)C)S(C)(=O)=O. The maximum atomic E-state index is 13.9. The molecule has 0 saturated carbocycles. The molecule has 0 aliphatic heterocycles. The van der Waals surface area contributed by atoms with Crippen LogP contribution in [0.25, 0.3) is 0 Å². The second-order valence-electron chi connectivity index (χ2n) is 10.4. The standard InChI is InChI=1S/C32H40FN3O5S/c1-5-41-30-15-10-9-14-28(30)36(42(4,39)40)21-11-16-31(37)35(23-26-17-19-27(33)20-18-26)29(32(38)34-24(2)3)22-25-12-7-6-8-13-25/h6-10,12-15,17-20,24,29H,5,11,16,21-23H2,1-4H3,(H,34,38). The fourth-order valence-corrected chi connectivity index (χ4v) is 5.61. The summed E-state index contributed by atoms with van der Waals surface area (Å²) in [7, 11) is -3.68. The van der Waals surface area contributed by atoms with E-state index in [1.165, 1.54) is 21.3 Å². The van der Waals surface area contributed by atoms with E-state index in [0.717, 1.165) is 11.8 Å². The summed E-state index contributed by atoms with van der Waals surface area (Å²) < 4.78 is 46.1. The van der Waals surface area contributed by atoms with Crippen LogP contribution in [-0.2, 0) is 32.6 Å². The number of hydrogen-bond donors (Lipinski definition) is 1. The van der Waals surface area contributed by atoms with Gasteiger partial charge in [-0.05, 0) is 62.6 Å². The van der Waals surface area contributed by atoms with Gasteiger partial charge in [0, 0.05) is 32.0 Å². The van der Waals surface area contributed by atoms with Crippen molar-refractivity contribution in [2.75, 3.05) is 23.7 Å². The molecular formula is C32H40FN3O5S. The summed E-state index contributed by atoms with van der Waals surface area (Å²) in [6, 6.07) is 21.1. The molecule has 3 aromatic rings. The van der Waals surface area contributed by atoms with Crippen LogP contribution < -0.4 is 14.4 Å². The second kappa shape index (κ2) is 15.3. The highest BCUT2D eigenvalue weighted by Gasteiger charge is 2.31. The van der Waals surface area contributed by atoms with E-state index in [9.17, 15) is 22.4 Å². The summed E-state index contributed by atoms with van der Waals surface area (Å²) >= 11 is 0. The second-order valence-corrected chi connectivity index (χ2v) is 12.3. The number of sulfonamides is 1. The highest BCUT2D eigenvalue weighted by atomic mass is 32.2. The van der Waals surface area contributed by atoms with E-state index < -0.39 is 21.9 Å². The third-order valence-corrected chi connectivity index (χ3v) is 7.73. The monoisotopic (exact) mass is 597 g/mol. The van der Waals surface area contributed by atoms with Crippen LogP contribution in [0.2, 0.25) is 0 Å². The first-order chi connectivity index (χ1) is 20.0. The highest BCUT2D eigenvalue weighted by molar-refractivity contribution is 7.92. The van der Waals surface area contributed by atoms with Gasteiger partial charge in [0.1, 0.15) is 17.6 Å². The lowest BCUT2D eigenvalue weighted by atomic mass is 10.0. The largest absolute Gasteiger partial charge is 0.492 e. The van der Waals surface area contributed by atoms with E-state index in [2.05, 4.69) is 5.32 Å². The number of nitrogens with zero attached hydrogens (tertiary/aromatic N) is 2. The predicted octanol–water partition coefficient (Wildman–Crippen LogP) is 4.94. The minimum Gasteiger partial charge on any atom is -0.492 e. The molecule has 0 saturated heterocycles. The summed E-state index contributed by atoms with van der Waals surface area (Å²) in [6.07, 6.45) is 1.59. The normalized spacial score (nSPS) is 12.0. The number of hydrogen-bond acceptors (Lipinski definition) is 5. The number of amides is 2. The Balaban J connectivity index is 1.89. The topological polar surface area (TPSA) is 96.0 Å². The van der Waals surface area contributed by atoms with Gasteiger partial charge in [-0.25, -0.2) is 12.8 Å². The number of carbonyl (C=O) groups excluding carboxylic acids is 2. The van der Waals surface area contributed by atoms with Crippen LogP contribution in [0.1, 0.15) is 44.7 Å². The molecule has 1 atom stereocenters. The van der Waals surface area contributed by atoms with E-state index in [1.807, 2.05) is 51.1 Å². The Morgan fingerprint density at radius 1 is 0.929 bits per heavy atom. The number of carbonyl (C=O) groups is 2. The summed E-state index contributed by atoms with van der Waals surface area (Å²) in [5.41, 5.74) is 1.95. The first kappa shape index (κ1) is 32.6. The van der Waals surface area contributed by atoms with Crippen LogP contribution in [0.3, 0.4) is 0 Å². The summed E-state index contributed by atoms with van der Waals surface area (Å²) in [4.78, 5) is 28.8. The van der Waals surface area contributed by atoms with E-state index in [4.69, 9.17) is 4.74 Å². The van der Waals surface area contributed by atoms with Gasteiger partial charge < -0.3 is 15.0 Å². The van der Waals surface area contributed by atoms with Crippen LogP contribution in [0.4, 0.5) is 10.1 Å². The van der Waals surface area contributed by atoms with Crippen LogP contribution >= 0.6 is 0 Å². The molecule has 3 rings (SSSR count). The minimum absolute atomic E-state index is 0.00966. The van der Waals surface area contributed by atoms with Gasteiger partial charge in [-0.2, -0.15) is 0 Å². The van der Waals surface area contributed by atoms with E-state index in [0.29, 0.717) is 23.6 Å². The van der Waals surface area contributed by atoms with Crippen LogP contribution in [0.5, 0.6) is 5.75 Å². The first-order valence-electron chi connectivity index (χ1n) is 14.1. The molecule has 226 valence electrons. The molecule has 42 heavy (non-hydrogen) atoms. The number of para-hydroxylation sites is 2. The molecule has 0 aliphatic rings. The zero-order chi connectivity index (χ0) is 30.7. The minimum atomic E-state index is -3.68. The molecule has 0 aromatic heterocycles. The molecule has 0 bridgehead atoms. The van der Waals surface area contributed by atoms with Gasteiger partial charge in [-0.1, -0.05) is 54.6 Å². The van der Waals surface area contributed by atoms with Gasteiger partial charge in [0.15, 0.2) is 0 Å². The lowest BCUT2D eigenvalue weighted by molar-refractivity contribution is -0.141. The van der Waals surface area contributed by atoms with E-state index >= 15 is 0 Å². The summed E-state index contributed by atoms with van der Waals surface area (Å²) in [6.45, 7) is 6.02. The fourth-order valence-electron chi connectivity index (χ4n) is 4.64. The smallest absolute Gasteiger partial charge is 0.243 e. The van der Waals surface area contributed by atoms with Crippen LogP contribution in [0.15, 0.2) is 78.9 Å². The van der Waals surface area contributed by atoms with Crippen molar-refractivity contribution in [3.63, 3.8) is 0 Å². The zero-order valence-corrected chi connectivity index (χ0v) is 25.4. The maximum Gasteiger partial charge on any atom is 0.243 e. The number of anilines is 1. The molecule has 1 unspecified atom stereocenters. The molecule has 1 N–H and O–H groups in total. The molecular weight excluding hydrogens is 557 g/mol. The Hall–Kier alpha value is -3.92. The predicted molar refractivity (Wildman–Crippen MR) is 163 cm³/mol. The molecule has 8 nitrogen and oxygen atoms in total. The first-order valence-corrected chi connectivity index (χ1v) is 15.9. The molecule has 3 aromatic carbocycles. The Morgan fingerprint density at radius 2 is 1.57 bits per heavy atom. The third kappa shape index (κ3) is 9.58. The van der Waals surface area contributed by atoms with Gasteiger partial charge in [-0.15, -0.1) is 0 Å². The lowest BCUT2D eigenvalue weighted by Gasteiger charge is -2.32. The van der Waals surface area contributed by atoms with Crippen molar-refractivity contribution in [1.82, 2.24) is 10.2 Å². The maximum absolute atomic E-state index is 13.9. The van der Waals surface area contributed by atoms with Crippen molar-refractivity contribution in [3.05, 3.63) is 95.8 Å². The van der Waals surface area contributed by atoms with Crippen LogP contribution in [0, 0.1) is 5.82 Å². The van der Waals surface area contributed by atoms with E-state index in [1.54, 1.807) is 36.4 Å².